The molecule has 0 unspecified atom stereocenters. The molecule has 0 spiro atoms. The molecule has 4 rings (SSSR count). The number of aliphatic hydroxyl groups excluding tert-OH is 1. The summed E-state index contributed by atoms with van der Waals surface area (Å²) in [4.78, 5) is 4.34. The Morgan fingerprint density at radius 3 is 2.72 bits per heavy atom. The van der Waals surface area contributed by atoms with Crippen LogP contribution in [0.4, 0.5) is 0 Å². The molecule has 1 aliphatic heterocycles. The van der Waals surface area contributed by atoms with E-state index in [0.717, 1.165) is 41.7 Å². The number of aliphatic imine (C=N–C) groups is 1. The Morgan fingerprint density at radius 1 is 1.20 bits per heavy atom. The van der Waals surface area contributed by atoms with E-state index in [4.69, 9.17) is 0 Å². The van der Waals surface area contributed by atoms with Crippen molar-refractivity contribution in [2.24, 2.45) is 4.99 Å². The van der Waals surface area contributed by atoms with Gasteiger partial charge in [0.15, 0.2) is 0 Å². The quantitative estimate of drug-likeness (QED) is 0.756. The summed E-state index contributed by atoms with van der Waals surface area (Å²) in [6.45, 7) is 1.49. The first-order valence-electron chi connectivity index (χ1n) is 8.22. The van der Waals surface area contributed by atoms with Crippen LogP contribution in [0.25, 0.3) is 22.0 Å². The van der Waals surface area contributed by atoms with Crippen molar-refractivity contribution in [2.45, 2.75) is 19.6 Å². The van der Waals surface area contributed by atoms with Crippen molar-refractivity contribution in [1.82, 2.24) is 4.57 Å². The van der Waals surface area contributed by atoms with Gasteiger partial charge in [-0.05, 0) is 29.7 Å². The minimum atomic E-state index is -0.00823. The molecule has 5 nitrogen and oxygen atoms in total. The van der Waals surface area contributed by atoms with Crippen LogP contribution < -0.4 is 0 Å². The number of aliphatic hydroxyl groups is 1. The minimum absolute atomic E-state index is 0.00823. The molecular formula is C20H17N3O2. The lowest BCUT2D eigenvalue weighted by Crippen LogP contribution is -2.02. The first-order chi connectivity index (χ1) is 12.2. The molecule has 0 fully saturated rings. The second-order valence-corrected chi connectivity index (χ2v) is 6.16. The van der Waals surface area contributed by atoms with Gasteiger partial charge < -0.3 is 14.8 Å². The van der Waals surface area contributed by atoms with Gasteiger partial charge in [-0.1, -0.05) is 24.3 Å². The summed E-state index contributed by atoms with van der Waals surface area (Å²) in [5.41, 5.74) is 4.78. The van der Waals surface area contributed by atoms with Gasteiger partial charge in [-0.3, -0.25) is 4.99 Å². The molecule has 25 heavy (non-hydrogen) atoms. The number of benzene rings is 2. The average Bonchev–Trinajstić information content (AvgIpc) is 2.83. The largest absolute Gasteiger partial charge is 0.505 e. The number of aromatic hydroxyl groups is 1. The maximum Gasteiger partial charge on any atom is 0.150 e. The molecule has 2 aromatic carbocycles. The SMILES string of the molecule is N#Cc1cc(-c2ccc(CO)cc2)c2c(c1)c(O)c1n2CCCN=C1. The molecule has 2 N–H and O–H groups in total. The van der Waals surface area contributed by atoms with Gasteiger partial charge in [0, 0.05) is 30.3 Å². The summed E-state index contributed by atoms with van der Waals surface area (Å²) in [5, 5.41) is 30.0. The third-order valence-corrected chi connectivity index (χ3v) is 4.63. The molecule has 5 heteroatoms. The number of nitriles is 1. The Kier molecular flexibility index (Phi) is 3.75. The molecule has 0 saturated heterocycles. The van der Waals surface area contributed by atoms with Gasteiger partial charge in [-0.15, -0.1) is 0 Å². The molecular weight excluding hydrogens is 314 g/mol. The zero-order chi connectivity index (χ0) is 17.4. The number of nitrogens with zero attached hydrogens (tertiary/aromatic N) is 3. The minimum Gasteiger partial charge on any atom is -0.505 e. The molecule has 3 aromatic rings. The van der Waals surface area contributed by atoms with Crippen molar-refractivity contribution in [3.05, 3.63) is 53.2 Å². The Hall–Kier alpha value is -3.10. The summed E-state index contributed by atoms with van der Waals surface area (Å²) in [6, 6.07) is 13.4. The lowest BCUT2D eigenvalue weighted by molar-refractivity contribution is 0.282. The number of rotatable bonds is 2. The van der Waals surface area contributed by atoms with Crippen LogP contribution in [0.2, 0.25) is 0 Å². The molecule has 0 saturated carbocycles. The van der Waals surface area contributed by atoms with Crippen LogP contribution in [0.3, 0.4) is 0 Å². The Balaban J connectivity index is 2.05. The van der Waals surface area contributed by atoms with Gasteiger partial charge >= 0.3 is 0 Å². The lowest BCUT2D eigenvalue weighted by Gasteiger charge is -2.11. The van der Waals surface area contributed by atoms with E-state index in [1.807, 2.05) is 30.3 Å². The summed E-state index contributed by atoms with van der Waals surface area (Å²) in [6.07, 6.45) is 2.61. The van der Waals surface area contributed by atoms with Gasteiger partial charge in [-0.25, -0.2) is 0 Å². The first kappa shape index (κ1) is 15.4. The van der Waals surface area contributed by atoms with Gasteiger partial charge in [0.2, 0.25) is 0 Å². The fourth-order valence-corrected chi connectivity index (χ4v) is 3.40. The number of hydrogen-bond donors (Lipinski definition) is 2. The van der Waals surface area contributed by atoms with E-state index in [9.17, 15) is 15.5 Å². The van der Waals surface area contributed by atoms with E-state index in [1.54, 1.807) is 12.3 Å². The Labute approximate surface area is 145 Å². The molecule has 2 heterocycles. The van der Waals surface area contributed by atoms with Gasteiger partial charge in [0.05, 0.1) is 23.8 Å². The van der Waals surface area contributed by atoms with Gasteiger partial charge in [0.25, 0.3) is 0 Å². The van der Waals surface area contributed by atoms with Gasteiger partial charge in [-0.2, -0.15) is 5.26 Å². The van der Waals surface area contributed by atoms with E-state index < -0.39 is 0 Å². The van der Waals surface area contributed by atoms with Crippen LogP contribution in [0.1, 0.15) is 23.2 Å². The van der Waals surface area contributed by atoms with Crippen molar-refractivity contribution < 1.29 is 10.2 Å². The highest BCUT2D eigenvalue weighted by Crippen LogP contribution is 2.39. The summed E-state index contributed by atoms with van der Waals surface area (Å²) >= 11 is 0. The van der Waals surface area contributed by atoms with E-state index in [-0.39, 0.29) is 12.4 Å². The van der Waals surface area contributed by atoms with E-state index in [1.165, 1.54) is 0 Å². The van der Waals surface area contributed by atoms with Crippen molar-refractivity contribution in [1.29, 1.82) is 5.26 Å². The highest BCUT2D eigenvalue weighted by Gasteiger charge is 2.21. The fourth-order valence-electron chi connectivity index (χ4n) is 3.40. The summed E-state index contributed by atoms with van der Waals surface area (Å²) in [5.74, 6) is 0.172. The van der Waals surface area contributed by atoms with Crippen LogP contribution in [0, 0.1) is 11.3 Å². The number of fused-ring (bicyclic) bond motifs is 3. The summed E-state index contributed by atoms with van der Waals surface area (Å²) < 4.78 is 2.08. The third kappa shape index (κ3) is 2.48. The normalized spacial score (nSPS) is 13.4. The maximum atomic E-state index is 10.7. The number of hydrogen-bond acceptors (Lipinski definition) is 4. The predicted molar refractivity (Wildman–Crippen MR) is 96.8 cm³/mol. The van der Waals surface area contributed by atoms with Gasteiger partial charge in [0.1, 0.15) is 11.4 Å². The van der Waals surface area contributed by atoms with E-state index >= 15 is 0 Å². The monoisotopic (exact) mass is 331 g/mol. The number of aromatic nitrogens is 1. The highest BCUT2D eigenvalue weighted by molar-refractivity contribution is 6.04. The van der Waals surface area contributed by atoms with E-state index in [2.05, 4.69) is 15.6 Å². The molecule has 1 aliphatic rings. The van der Waals surface area contributed by atoms with Crippen molar-refractivity contribution in [3.63, 3.8) is 0 Å². The van der Waals surface area contributed by atoms with Crippen molar-refractivity contribution in [3.8, 4) is 22.9 Å². The second-order valence-electron chi connectivity index (χ2n) is 6.16. The second kappa shape index (κ2) is 6.08. The van der Waals surface area contributed by atoms with Crippen LogP contribution >= 0.6 is 0 Å². The fraction of sp³-hybridized carbons (Fsp3) is 0.200. The van der Waals surface area contributed by atoms with Crippen molar-refractivity contribution >= 4 is 17.1 Å². The predicted octanol–water partition coefficient (Wildman–Crippen LogP) is 3.20. The molecule has 0 atom stereocenters. The van der Waals surface area contributed by atoms with Crippen LogP contribution in [-0.2, 0) is 13.2 Å². The Morgan fingerprint density at radius 2 is 2.00 bits per heavy atom. The average molecular weight is 331 g/mol. The zero-order valence-electron chi connectivity index (χ0n) is 13.6. The topological polar surface area (TPSA) is 81.5 Å². The summed E-state index contributed by atoms with van der Waals surface area (Å²) in [7, 11) is 0. The maximum absolute atomic E-state index is 10.7. The zero-order valence-corrected chi connectivity index (χ0v) is 13.6. The molecule has 0 bridgehead atoms. The highest BCUT2D eigenvalue weighted by atomic mass is 16.3. The van der Waals surface area contributed by atoms with Crippen LogP contribution in [0.15, 0.2) is 41.4 Å². The molecule has 0 amide bonds. The van der Waals surface area contributed by atoms with Crippen molar-refractivity contribution in [2.75, 3.05) is 6.54 Å². The molecule has 0 radical (unpaired) electrons. The molecule has 0 aliphatic carbocycles. The smallest absolute Gasteiger partial charge is 0.150 e. The van der Waals surface area contributed by atoms with Crippen LogP contribution in [0.5, 0.6) is 5.75 Å². The standard InChI is InChI=1S/C20H17N3O2/c21-10-14-8-16(15-4-2-13(12-24)3-5-15)19-17(9-14)20(25)18-11-22-6-1-7-23(18)19/h2-5,8-9,11,24-25H,1,6-7,12H2. The number of aryl methyl sites for hydroxylation is 1. The Bertz CT molecular complexity index is 1020. The van der Waals surface area contributed by atoms with Crippen LogP contribution in [-0.4, -0.2) is 27.5 Å². The first-order valence-corrected chi connectivity index (χ1v) is 8.22. The third-order valence-electron chi connectivity index (χ3n) is 4.63. The lowest BCUT2D eigenvalue weighted by atomic mass is 9.99. The van der Waals surface area contributed by atoms with E-state index in [0.29, 0.717) is 16.6 Å². The molecule has 1 aromatic heterocycles. The molecule has 124 valence electrons.